The fourth-order valence-electron chi connectivity index (χ4n) is 2.49. The minimum atomic E-state index is -2.23. The summed E-state index contributed by atoms with van der Waals surface area (Å²) in [5.74, 6) is -0.734. The highest BCUT2D eigenvalue weighted by Gasteiger charge is 2.45. The second kappa shape index (κ2) is 4.69. The first-order valence-electron chi connectivity index (χ1n) is 5.78. The van der Waals surface area contributed by atoms with Crippen LogP contribution in [0, 0.1) is 5.41 Å². The van der Waals surface area contributed by atoms with E-state index in [-0.39, 0.29) is 0 Å². The zero-order valence-corrected chi connectivity index (χ0v) is 10.6. The van der Waals surface area contributed by atoms with Crippen LogP contribution in [0.4, 0.5) is 0 Å². The smallest absolute Gasteiger partial charge is 0.310 e. The van der Waals surface area contributed by atoms with E-state index in [2.05, 4.69) is 0 Å². The molecule has 1 aliphatic carbocycles. The summed E-state index contributed by atoms with van der Waals surface area (Å²) in [5, 5.41) is 9.30. The Hall–Kier alpha value is -0.300. The number of carboxylic acids is 1. The van der Waals surface area contributed by atoms with E-state index in [0.717, 1.165) is 12.8 Å². The third-order valence-corrected chi connectivity index (χ3v) is 7.24. The van der Waals surface area contributed by atoms with Crippen LogP contribution in [0.3, 0.4) is 0 Å². The van der Waals surface area contributed by atoms with Crippen LogP contribution in [0.15, 0.2) is 0 Å². The highest BCUT2D eigenvalue weighted by Crippen LogP contribution is 2.54. The second-order valence-electron chi connectivity index (χ2n) is 4.64. The molecule has 3 nitrogen and oxygen atoms in total. The maximum Gasteiger partial charge on any atom is 0.310 e. The molecule has 0 amide bonds. The van der Waals surface area contributed by atoms with Crippen molar-refractivity contribution in [1.29, 1.82) is 0 Å². The predicted molar refractivity (Wildman–Crippen MR) is 62.1 cm³/mol. The van der Waals surface area contributed by atoms with Gasteiger partial charge in [0.1, 0.15) is 0 Å². The molecule has 1 N–H and O–H groups in total. The lowest BCUT2D eigenvalue weighted by Crippen LogP contribution is -2.32. The zero-order chi connectivity index (χ0) is 11.5. The average molecular weight is 232 g/mol. The van der Waals surface area contributed by atoms with Crippen molar-refractivity contribution in [3.05, 3.63) is 0 Å². The maximum atomic E-state index is 12.4. The second-order valence-corrected chi connectivity index (χ2v) is 8.34. The molecule has 1 aliphatic rings. The number of hydrogen-bond acceptors (Lipinski definition) is 2. The van der Waals surface area contributed by atoms with Crippen LogP contribution in [0.5, 0.6) is 0 Å². The summed E-state index contributed by atoms with van der Waals surface area (Å²) < 4.78 is 12.4. The molecule has 0 saturated heterocycles. The fourth-order valence-corrected chi connectivity index (χ4v) is 4.94. The molecule has 1 rings (SSSR count). The minimum absolute atomic E-state index is 0.419. The van der Waals surface area contributed by atoms with Crippen LogP contribution in [0.2, 0.25) is 0 Å². The van der Waals surface area contributed by atoms with E-state index in [4.69, 9.17) is 0 Å². The van der Waals surface area contributed by atoms with E-state index in [1.54, 1.807) is 0 Å². The van der Waals surface area contributed by atoms with Crippen molar-refractivity contribution in [2.45, 2.75) is 39.5 Å². The normalized spacial score (nSPS) is 20.4. The summed E-state index contributed by atoms with van der Waals surface area (Å²) in [6.45, 7) is 3.82. The Balaban J connectivity index is 2.84. The Bertz CT molecular complexity index is 272. The molecule has 0 atom stereocenters. The highest BCUT2D eigenvalue weighted by atomic mass is 31.2. The van der Waals surface area contributed by atoms with E-state index in [9.17, 15) is 14.5 Å². The number of rotatable bonds is 5. The quantitative estimate of drug-likeness (QED) is 0.741. The molecule has 0 aromatic rings. The van der Waals surface area contributed by atoms with Crippen molar-refractivity contribution in [2.24, 2.45) is 5.41 Å². The van der Waals surface area contributed by atoms with Gasteiger partial charge >= 0.3 is 5.97 Å². The predicted octanol–water partition coefficient (Wildman–Crippen LogP) is 3.03. The van der Waals surface area contributed by atoms with Crippen LogP contribution in [-0.2, 0) is 9.36 Å². The minimum Gasteiger partial charge on any atom is -0.481 e. The van der Waals surface area contributed by atoms with Crippen LogP contribution in [0.25, 0.3) is 0 Å². The van der Waals surface area contributed by atoms with E-state index in [1.807, 2.05) is 13.8 Å². The van der Waals surface area contributed by atoms with Gasteiger partial charge in [0.25, 0.3) is 0 Å². The first-order chi connectivity index (χ1) is 6.98. The molecule has 1 fully saturated rings. The summed E-state index contributed by atoms with van der Waals surface area (Å²) in [6.07, 6.45) is 5.07. The van der Waals surface area contributed by atoms with Gasteiger partial charge in [0, 0.05) is 6.16 Å². The number of aliphatic carboxylic acids is 1. The van der Waals surface area contributed by atoms with Crippen molar-refractivity contribution in [3.63, 3.8) is 0 Å². The van der Waals surface area contributed by atoms with Crippen molar-refractivity contribution in [1.82, 2.24) is 0 Å². The molecular weight excluding hydrogens is 211 g/mol. The van der Waals surface area contributed by atoms with Gasteiger partial charge in [0.15, 0.2) is 0 Å². The lowest BCUT2D eigenvalue weighted by atomic mass is 9.89. The molecule has 0 heterocycles. The molecule has 15 heavy (non-hydrogen) atoms. The van der Waals surface area contributed by atoms with Gasteiger partial charge in [-0.2, -0.15) is 0 Å². The number of carbonyl (C=O) groups is 1. The Morgan fingerprint density at radius 3 is 2.07 bits per heavy atom. The third-order valence-electron chi connectivity index (χ3n) is 3.76. The van der Waals surface area contributed by atoms with Crippen LogP contribution >= 0.6 is 7.14 Å². The molecule has 0 spiro atoms. The van der Waals surface area contributed by atoms with Gasteiger partial charge in [-0.3, -0.25) is 4.79 Å². The van der Waals surface area contributed by atoms with Crippen molar-refractivity contribution >= 4 is 13.1 Å². The summed E-state index contributed by atoms with van der Waals surface area (Å²) >= 11 is 0. The maximum absolute atomic E-state index is 12.4. The van der Waals surface area contributed by atoms with Crippen molar-refractivity contribution < 1.29 is 14.5 Å². The van der Waals surface area contributed by atoms with Crippen LogP contribution in [0.1, 0.15) is 39.5 Å². The van der Waals surface area contributed by atoms with Gasteiger partial charge in [0.05, 0.1) is 12.6 Å². The molecule has 0 bridgehead atoms. The molecule has 0 aromatic heterocycles. The topological polar surface area (TPSA) is 54.4 Å². The van der Waals surface area contributed by atoms with Crippen molar-refractivity contribution in [2.75, 3.05) is 18.5 Å². The SMILES string of the molecule is CCP(=O)(CC)CC1(C(=O)O)CCCC1. The fraction of sp³-hybridized carbons (Fsp3) is 0.909. The monoisotopic (exact) mass is 232 g/mol. The standard InChI is InChI=1S/C11H21O3P/c1-3-15(14,4-2)9-11(10(12)13)7-5-6-8-11/h3-9H2,1-2H3,(H,12,13). The molecular formula is C11H21O3P. The van der Waals surface area contributed by atoms with Gasteiger partial charge in [-0.25, -0.2) is 0 Å². The summed E-state index contributed by atoms with van der Waals surface area (Å²) in [4.78, 5) is 11.3. The van der Waals surface area contributed by atoms with Gasteiger partial charge in [0.2, 0.25) is 0 Å². The van der Waals surface area contributed by atoms with Crippen molar-refractivity contribution in [3.8, 4) is 0 Å². The van der Waals surface area contributed by atoms with Crippen LogP contribution in [-0.4, -0.2) is 29.6 Å². The van der Waals surface area contributed by atoms with Gasteiger partial charge in [-0.15, -0.1) is 0 Å². The van der Waals surface area contributed by atoms with Gasteiger partial charge in [-0.1, -0.05) is 26.7 Å². The molecule has 0 radical (unpaired) electrons. The molecule has 0 unspecified atom stereocenters. The lowest BCUT2D eigenvalue weighted by molar-refractivity contribution is -0.147. The molecule has 1 saturated carbocycles. The molecule has 4 heteroatoms. The summed E-state index contributed by atoms with van der Waals surface area (Å²) in [5.41, 5.74) is -0.665. The Kier molecular flexibility index (Phi) is 3.99. The first-order valence-corrected chi connectivity index (χ1v) is 8.05. The Labute approximate surface area is 91.6 Å². The summed E-state index contributed by atoms with van der Waals surface area (Å²) in [6, 6.07) is 0. The molecule has 0 aromatic carbocycles. The van der Waals surface area contributed by atoms with Gasteiger partial charge in [-0.05, 0) is 25.2 Å². The van der Waals surface area contributed by atoms with Gasteiger partial charge < -0.3 is 9.67 Å². The highest BCUT2D eigenvalue weighted by molar-refractivity contribution is 7.63. The number of carboxylic acid groups (broad SMARTS) is 1. The zero-order valence-electron chi connectivity index (χ0n) is 9.66. The lowest BCUT2D eigenvalue weighted by Gasteiger charge is -2.28. The van der Waals surface area contributed by atoms with E-state index in [0.29, 0.717) is 31.3 Å². The number of hydrogen-bond donors (Lipinski definition) is 1. The van der Waals surface area contributed by atoms with Crippen LogP contribution < -0.4 is 0 Å². The Morgan fingerprint density at radius 2 is 1.73 bits per heavy atom. The van der Waals surface area contributed by atoms with E-state index in [1.165, 1.54) is 0 Å². The largest absolute Gasteiger partial charge is 0.481 e. The van der Waals surface area contributed by atoms with E-state index < -0.39 is 18.5 Å². The Morgan fingerprint density at radius 1 is 1.27 bits per heavy atom. The first kappa shape index (κ1) is 12.8. The average Bonchev–Trinajstić information content (AvgIpc) is 2.67. The van der Waals surface area contributed by atoms with E-state index >= 15 is 0 Å². The third kappa shape index (κ3) is 2.63. The summed E-state index contributed by atoms with van der Waals surface area (Å²) in [7, 11) is -2.23. The molecule has 0 aliphatic heterocycles. The molecule has 88 valence electrons.